The Morgan fingerprint density at radius 2 is 1.90 bits per heavy atom. The Bertz CT molecular complexity index is 836. The number of amides is 1. The molecule has 5 nitrogen and oxygen atoms in total. The fourth-order valence-electron chi connectivity index (χ4n) is 3.18. The Balaban J connectivity index is 1.45. The zero-order valence-corrected chi connectivity index (χ0v) is 16.5. The van der Waals surface area contributed by atoms with E-state index >= 15 is 0 Å². The second-order valence-corrected chi connectivity index (χ2v) is 7.18. The summed E-state index contributed by atoms with van der Waals surface area (Å²) in [5.74, 6) is -0.360. The van der Waals surface area contributed by atoms with Gasteiger partial charge in [-0.15, -0.1) is 0 Å². The Labute approximate surface area is 173 Å². The summed E-state index contributed by atoms with van der Waals surface area (Å²) in [6.07, 6.45) is -1.02. The number of benzene rings is 2. The molecule has 8 heteroatoms. The van der Waals surface area contributed by atoms with Gasteiger partial charge in [0.2, 0.25) is 5.91 Å². The van der Waals surface area contributed by atoms with Gasteiger partial charge in [-0.2, -0.15) is 13.2 Å². The SMILES string of the molecule is O=C(CNc1cccc(C(F)(F)F)c1)Nc1cccc(COCC2CCCCO2)c1. The molecule has 0 saturated carbocycles. The van der Waals surface area contributed by atoms with Crippen molar-refractivity contribution in [3.05, 3.63) is 59.7 Å². The maximum absolute atomic E-state index is 12.8. The molecule has 1 atom stereocenters. The number of alkyl halides is 3. The average molecular weight is 422 g/mol. The van der Waals surface area contributed by atoms with Gasteiger partial charge in [0.25, 0.3) is 0 Å². The van der Waals surface area contributed by atoms with Crippen LogP contribution in [0.3, 0.4) is 0 Å². The molecule has 30 heavy (non-hydrogen) atoms. The highest BCUT2D eigenvalue weighted by Gasteiger charge is 2.30. The minimum Gasteiger partial charge on any atom is -0.376 e. The second kappa shape index (κ2) is 10.4. The second-order valence-electron chi connectivity index (χ2n) is 7.18. The first-order valence-corrected chi connectivity index (χ1v) is 9.89. The van der Waals surface area contributed by atoms with Crippen molar-refractivity contribution < 1.29 is 27.4 Å². The molecule has 0 spiro atoms. The first-order chi connectivity index (χ1) is 14.4. The lowest BCUT2D eigenvalue weighted by Crippen LogP contribution is -2.24. The van der Waals surface area contributed by atoms with E-state index in [-0.39, 0.29) is 24.2 Å². The zero-order valence-electron chi connectivity index (χ0n) is 16.5. The van der Waals surface area contributed by atoms with Crippen LogP contribution in [0.4, 0.5) is 24.5 Å². The van der Waals surface area contributed by atoms with Gasteiger partial charge in [0.1, 0.15) is 0 Å². The molecule has 1 aliphatic rings. The topological polar surface area (TPSA) is 59.6 Å². The Hall–Kier alpha value is -2.58. The fraction of sp³-hybridized carbons (Fsp3) is 0.409. The van der Waals surface area contributed by atoms with E-state index in [2.05, 4.69) is 10.6 Å². The van der Waals surface area contributed by atoms with Gasteiger partial charge >= 0.3 is 6.18 Å². The lowest BCUT2D eigenvalue weighted by Gasteiger charge is -2.22. The zero-order chi connectivity index (χ0) is 21.4. The summed E-state index contributed by atoms with van der Waals surface area (Å²) in [7, 11) is 0. The van der Waals surface area contributed by atoms with Gasteiger partial charge in [-0.25, -0.2) is 0 Å². The van der Waals surface area contributed by atoms with Crippen LogP contribution in [0.15, 0.2) is 48.5 Å². The van der Waals surface area contributed by atoms with Crippen molar-refractivity contribution in [2.75, 3.05) is 30.4 Å². The van der Waals surface area contributed by atoms with Crippen LogP contribution in [0.5, 0.6) is 0 Å². The number of carbonyl (C=O) groups is 1. The van der Waals surface area contributed by atoms with Crippen molar-refractivity contribution >= 4 is 17.3 Å². The highest BCUT2D eigenvalue weighted by Crippen LogP contribution is 2.30. The largest absolute Gasteiger partial charge is 0.416 e. The lowest BCUT2D eigenvalue weighted by atomic mass is 10.1. The number of carbonyl (C=O) groups excluding carboxylic acids is 1. The maximum Gasteiger partial charge on any atom is 0.416 e. The lowest BCUT2D eigenvalue weighted by molar-refractivity contribution is -0.137. The number of hydrogen-bond acceptors (Lipinski definition) is 4. The van der Waals surface area contributed by atoms with Crippen LogP contribution in [0, 0.1) is 0 Å². The molecule has 162 valence electrons. The molecule has 3 rings (SSSR count). The Morgan fingerprint density at radius 3 is 2.67 bits per heavy atom. The summed E-state index contributed by atoms with van der Waals surface area (Å²) >= 11 is 0. The van der Waals surface area contributed by atoms with Crippen molar-refractivity contribution in [2.45, 2.75) is 38.1 Å². The third-order valence-corrected chi connectivity index (χ3v) is 4.70. The molecule has 0 bridgehead atoms. The van der Waals surface area contributed by atoms with E-state index in [1.54, 1.807) is 6.07 Å². The van der Waals surface area contributed by atoms with Gasteiger partial charge in [-0.05, 0) is 55.2 Å². The summed E-state index contributed by atoms with van der Waals surface area (Å²) in [6.45, 7) is 1.58. The van der Waals surface area contributed by atoms with E-state index < -0.39 is 11.7 Å². The van der Waals surface area contributed by atoms with E-state index in [1.165, 1.54) is 12.1 Å². The van der Waals surface area contributed by atoms with Crippen molar-refractivity contribution in [3.63, 3.8) is 0 Å². The van der Waals surface area contributed by atoms with Gasteiger partial charge in [-0.1, -0.05) is 18.2 Å². The van der Waals surface area contributed by atoms with Crippen LogP contribution < -0.4 is 10.6 Å². The summed E-state index contributed by atoms with van der Waals surface area (Å²) in [6, 6.07) is 12.0. The first-order valence-electron chi connectivity index (χ1n) is 9.89. The van der Waals surface area contributed by atoms with Crippen LogP contribution in [-0.2, 0) is 27.1 Å². The van der Waals surface area contributed by atoms with Crippen LogP contribution in [-0.4, -0.2) is 31.8 Å². The summed E-state index contributed by atoms with van der Waals surface area (Å²) in [4.78, 5) is 12.2. The number of rotatable bonds is 8. The number of hydrogen-bond donors (Lipinski definition) is 2. The van der Waals surface area contributed by atoms with Crippen LogP contribution in [0.25, 0.3) is 0 Å². The minimum absolute atomic E-state index is 0.142. The van der Waals surface area contributed by atoms with E-state index in [0.717, 1.165) is 43.6 Å². The molecule has 2 aromatic rings. The van der Waals surface area contributed by atoms with Gasteiger partial charge in [-0.3, -0.25) is 4.79 Å². The number of ether oxygens (including phenoxy) is 2. The molecule has 2 aromatic carbocycles. The molecule has 0 aromatic heterocycles. The minimum atomic E-state index is -4.43. The summed E-state index contributed by atoms with van der Waals surface area (Å²) < 4.78 is 49.6. The van der Waals surface area contributed by atoms with Crippen LogP contribution >= 0.6 is 0 Å². The average Bonchev–Trinajstić information content (AvgIpc) is 2.73. The van der Waals surface area contributed by atoms with E-state index in [0.29, 0.717) is 18.9 Å². The maximum atomic E-state index is 12.8. The van der Waals surface area contributed by atoms with Crippen LogP contribution in [0.2, 0.25) is 0 Å². The molecule has 1 aliphatic heterocycles. The van der Waals surface area contributed by atoms with Gasteiger partial charge in [0.05, 0.1) is 31.4 Å². The van der Waals surface area contributed by atoms with Gasteiger partial charge in [0.15, 0.2) is 0 Å². The normalized spacial score (nSPS) is 16.8. The van der Waals surface area contributed by atoms with Crippen LogP contribution in [0.1, 0.15) is 30.4 Å². The number of halogens is 3. The van der Waals surface area contributed by atoms with Crippen molar-refractivity contribution in [1.82, 2.24) is 0 Å². The standard InChI is InChI=1S/C22H25F3N2O3/c23-22(24,25)17-6-4-7-18(12-17)26-13-21(28)27-19-8-3-5-16(11-19)14-29-15-20-9-1-2-10-30-20/h3-8,11-12,20,26H,1-2,9-10,13-15H2,(H,27,28). The number of nitrogens with one attached hydrogen (secondary N) is 2. The van der Waals surface area contributed by atoms with E-state index in [4.69, 9.17) is 9.47 Å². The van der Waals surface area contributed by atoms with E-state index in [9.17, 15) is 18.0 Å². The molecule has 2 N–H and O–H groups in total. The fourth-order valence-corrected chi connectivity index (χ4v) is 3.18. The van der Waals surface area contributed by atoms with Gasteiger partial charge < -0.3 is 20.1 Å². The monoisotopic (exact) mass is 422 g/mol. The molecular formula is C22H25F3N2O3. The van der Waals surface area contributed by atoms with Crippen molar-refractivity contribution in [3.8, 4) is 0 Å². The molecule has 1 saturated heterocycles. The number of anilines is 2. The Morgan fingerprint density at radius 1 is 1.10 bits per heavy atom. The van der Waals surface area contributed by atoms with Crippen molar-refractivity contribution in [1.29, 1.82) is 0 Å². The molecule has 1 unspecified atom stereocenters. The molecule has 1 fully saturated rings. The molecule has 0 aliphatic carbocycles. The summed E-state index contributed by atoms with van der Waals surface area (Å²) in [5.41, 5.74) is 0.974. The predicted molar refractivity (Wildman–Crippen MR) is 108 cm³/mol. The van der Waals surface area contributed by atoms with Gasteiger partial charge in [0, 0.05) is 18.0 Å². The third-order valence-electron chi connectivity index (χ3n) is 4.70. The molecule has 1 amide bonds. The smallest absolute Gasteiger partial charge is 0.376 e. The molecular weight excluding hydrogens is 397 g/mol. The third kappa shape index (κ3) is 7.03. The van der Waals surface area contributed by atoms with E-state index in [1.807, 2.05) is 18.2 Å². The highest BCUT2D eigenvalue weighted by atomic mass is 19.4. The van der Waals surface area contributed by atoms with Crippen molar-refractivity contribution in [2.24, 2.45) is 0 Å². The molecule has 1 heterocycles. The Kier molecular flexibility index (Phi) is 7.70. The first kappa shape index (κ1) is 22.1. The molecule has 0 radical (unpaired) electrons. The quantitative estimate of drug-likeness (QED) is 0.639. The predicted octanol–water partition coefficient (Wildman–Crippen LogP) is 4.84. The highest BCUT2D eigenvalue weighted by molar-refractivity contribution is 5.93. The summed E-state index contributed by atoms with van der Waals surface area (Å²) in [5, 5.41) is 5.45.